The van der Waals surface area contributed by atoms with E-state index >= 15 is 0 Å². The Balaban J connectivity index is 2.65. The molecule has 0 saturated heterocycles. The van der Waals surface area contributed by atoms with E-state index in [9.17, 15) is 0 Å². The van der Waals surface area contributed by atoms with Crippen LogP contribution in [0, 0.1) is 0 Å². The maximum atomic E-state index is 5.87. The van der Waals surface area contributed by atoms with E-state index in [1.807, 2.05) is 13.1 Å². The summed E-state index contributed by atoms with van der Waals surface area (Å²) in [5, 5.41) is 6.61. The van der Waals surface area contributed by atoms with Crippen molar-refractivity contribution in [3.8, 4) is 0 Å². The van der Waals surface area contributed by atoms with Crippen LogP contribution in [0.5, 0.6) is 0 Å². The van der Waals surface area contributed by atoms with Crippen molar-refractivity contribution < 1.29 is 0 Å². The summed E-state index contributed by atoms with van der Waals surface area (Å²) in [5.74, 6) is 0. The summed E-state index contributed by atoms with van der Waals surface area (Å²) >= 11 is 5.87. The van der Waals surface area contributed by atoms with Crippen LogP contribution in [-0.4, -0.2) is 10.2 Å². The predicted octanol–water partition coefficient (Wildman–Crippen LogP) is 2.10. The molecule has 0 aromatic carbocycles. The second-order valence-corrected chi connectivity index (χ2v) is 2.43. The summed E-state index contributed by atoms with van der Waals surface area (Å²) in [6.45, 7) is 2.05. The van der Waals surface area contributed by atoms with Crippen LogP contribution >= 0.6 is 11.6 Å². The number of H-pyrrole nitrogens is 1. The molecule has 1 unspecified atom stereocenters. The van der Waals surface area contributed by atoms with Gasteiger partial charge < -0.3 is 0 Å². The maximum absolute atomic E-state index is 5.87. The number of hydrogen-bond acceptors (Lipinski definition) is 1. The Labute approximate surface area is 59.2 Å². The number of rotatable bonds is 2. The average molecular weight is 145 g/mol. The van der Waals surface area contributed by atoms with Gasteiger partial charge in [0, 0.05) is 11.8 Å². The average Bonchev–Trinajstić information content (AvgIpc) is 2.37. The van der Waals surface area contributed by atoms with Gasteiger partial charge in [-0.2, -0.15) is 5.10 Å². The van der Waals surface area contributed by atoms with Crippen molar-refractivity contribution in [1.29, 1.82) is 0 Å². The highest BCUT2D eigenvalue weighted by Gasteiger charge is 2.03. The van der Waals surface area contributed by atoms with E-state index in [1.165, 1.54) is 0 Å². The molecular formula is C6H9ClN2. The third-order valence-corrected chi connectivity index (χ3v) is 1.80. The first-order valence-electron chi connectivity index (χ1n) is 2.97. The molecular weight excluding hydrogens is 136 g/mol. The maximum Gasteiger partial charge on any atom is 0.0613 e. The van der Waals surface area contributed by atoms with E-state index < -0.39 is 0 Å². The summed E-state index contributed by atoms with van der Waals surface area (Å²) in [6.07, 6.45) is 4.52. The molecule has 0 aliphatic heterocycles. The summed E-state index contributed by atoms with van der Waals surface area (Å²) in [5.41, 5.74) is 1.07. The molecule has 1 aromatic heterocycles. The van der Waals surface area contributed by atoms with Gasteiger partial charge in [0.1, 0.15) is 0 Å². The van der Waals surface area contributed by atoms with Gasteiger partial charge in [-0.25, -0.2) is 0 Å². The smallest absolute Gasteiger partial charge is 0.0613 e. The molecule has 1 N–H and O–H groups in total. The number of hydrogen-bond donors (Lipinski definition) is 1. The molecule has 0 amide bonds. The minimum atomic E-state index is 0.115. The minimum absolute atomic E-state index is 0.115. The van der Waals surface area contributed by atoms with E-state index in [4.69, 9.17) is 11.6 Å². The largest absolute Gasteiger partial charge is 0.285 e. The number of nitrogens with one attached hydrogen (secondary N) is 1. The predicted molar refractivity (Wildman–Crippen MR) is 37.5 cm³/mol. The third kappa shape index (κ3) is 1.45. The Hall–Kier alpha value is -0.500. The molecule has 1 atom stereocenters. The fourth-order valence-electron chi connectivity index (χ4n) is 0.668. The lowest BCUT2D eigenvalue weighted by Crippen LogP contribution is -1.82. The molecule has 0 bridgehead atoms. The first kappa shape index (κ1) is 6.62. The van der Waals surface area contributed by atoms with E-state index in [2.05, 4.69) is 10.2 Å². The van der Waals surface area contributed by atoms with E-state index in [0.717, 1.165) is 12.0 Å². The number of aromatic amines is 1. The van der Waals surface area contributed by atoms with Crippen LogP contribution < -0.4 is 0 Å². The molecule has 1 rings (SSSR count). The zero-order chi connectivity index (χ0) is 6.69. The topological polar surface area (TPSA) is 28.7 Å². The van der Waals surface area contributed by atoms with Crippen molar-refractivity contribution in [1.82, 2.24) is 10.2 Å². The Bertz CT molecular complexity index is 160. The molecule has 2 nitrogen and oxygen atoms in total. The minimum Gasteiger partial charge on any atom is -0.285 e. The van der Waals surface area contributed by atoms with Crippen LogP contribution in [0.4, 0.5) is 0 Å². The summed E-state index contributed by atoms with van der Waals surface area (Å²) in [7, 11) is 0. The molecule has 3 heteroatoms. The van der Waals surface area contributed by atoms with Gasteiger partial charge in [-0.15, -0.1) is 11.6 Å². The van der Waals surface area contributed by atoms with E-state index in [1.54, 1.807) is 6.20 Å². The van der Waals surface area contributed by atoms with Crippen LogP contribution in [0.3, 0.4) is 0 Å². The van der Waals surface area contributed by atoms with Crippen LogP contribution in [0.1, 0.15) is 24.3 Å². The second kappa shape index (κ2) is 2.87. The van der Waals surface area contributed by atoms with Crippen molar-refractivity contribution in [2.75, 3.05) is 0 Å². The van der Waals surface area contributed by atoms with Gasteiger partial charge in [-0.1, -0.05) is 6.92 Å². The lowest BCUT2D eigenvalue weighted by Gasteiger charge is -1.98. The first-order valence-corrected chi connectivity index (χ1v) is 3.41. The molecule has 9 heavy (non-hydrogen) atoms. The van der Waals surface area contributed by atoms with Crippen LogP contribution in [0.2, 0.25) is 0 Å². The molecule has 1 aromatic rings. The van der Waals surface area contributed by atoms with Gasteiger partial charge in [0.15, 0.2) is 0 Å². The highest BCUT2D eigenvalue weighted by molar-refractivity contribution is 6.20. The zero-order valence-corrected chi connectivity index (χ0v) is 6.02. The number of nitrogens with zero attached hydrogens (tertiary/aromatic N) is 1. The van der Waals surface area contributed by atoms with Crippen LogP contribution in [-0.2, 0) is 0 Å². The number of aromatic nitrogens is 2. The van der Waals surface area contributed by atoms with Gasteiger partial charge in [0.2, 0.25) is 0 Å². The molecule has 0 fully saturated rings. The Kier molecular flexibility index (Phi) is 2.11. The standard InChI is InChI=1S/C6H9ClN2/c1-2-6(7)5-3-8-9-4-5/h3-4,6H,2H2,1H3,(H,8,9). The highest BCUT2D eigenvalue weighted by Crippen LogP contribution is 2.21. The lowest BCUT2D eigenvalue weighted by molar-refractivity contribution is 0.885. The van der Waals surface area contributed by atoms with Crippen molar-refractivity contribution >= 4 is 11.6 Å². The summed E-state index contributed by atoms with van der Waals surface area (Å²) < 4.78 is 0. The number of halogens is 1. The SMILES string of the molecule is CCC(Cl)c1cn[nH]c1. The summed E-state index contributed by atoms with van der Waals surface area (Å²) in [6, 6.07) is 0. The normalized spacial score (nSPS) is 13.6. The Morgan fingerprint density at radius 3 is 3.11 bits per heavy atom. The van der Waals surface area contributed by atoms with Gasteiger partial charge in [-0.05, 0) is 6.42 Å². The van der Waals surface area contributed by atoms with Crippen LogP contribution in [0.25, 0.3) is 0 Å². The van der Waals surface area contributed by atoms with Crippen molar-refractivity contribution in [3.05, 3.63) is 18.0 Å². The molecule has 0 saturated carbocycles. The Morgan fingerprint density at radius 1 is 1.89 bits per heavy atom. The number of alkyl halides is 1. The van der Waals surface area contributed by atoms with Gasteiger partial charge >= 0.3 is 0 Å². The van der Waals surface area contributed by atoms with E-state index in [-0.39, 0.29) is 5.38 Å². The monoisotopic (exact) mass is 144 g/mol. The first-order chi connectivity index (χ1) is 4.34. The molecule has 1 heterocycles. The molecule has 0 aliphatic rings. The van der Waals surface area contributed by atoms with Crippen molar-refractivity contribution in [2.45, 2.75) is 18.7 Å². The van der Waals surface area contributed by atoms with Crippen molar-refractivity contribution in [3.63, 3.8) is 0 Å². The summed E-state index contributed by atoms with van der Waals surface area (Å²) in [4.78, 5) is 0. The van der Waals surface area contributed by atoms with Gasteiger partial charge in [0.05, 0.1) is 11.6 Å². The lowest BCUT2D eigenvalue weighted by atomic mass is 10.2. The fraction of sp³-hybridized carbons (Fsp3) is 0.500. The Morgan fingerprint density at radius 2 is 2.67 bits per heavy atom. The quantitative estimate of drug-likeness (QED) is 0.633. The second-order valence-electron chi connectivity index (χ2n) is 1.91. The molecule has 0 radical (unpaired) electrons. The highest BCUT2D eigenvalue weighted by atomic mass is 35.5. The van der Waals surface area contributed by atoms with E-state index in [0.29, 0.717) is 0 Å². The molecule has 0 aliphatic carbocycles. The van der Waals surface area contributed by atoms with Crippen molar-refractivity contribution in [2.24, 2.45) is 0 Å². The van der Waals surface area contributed by atoms with Crippen LogP contribution in [0.15, 0.2) is 12.4 Å². The zero-order valence-electron chi connectivity index (χ0n) is 5.26. The van der Waals surface area contributed by atoms with Gasteiger partial charge in [0.25, 0.3) is 0 Å². The third-order valence-electron chi connectivity index (χ3n) is 1.24. The molecule has 50 valence electrons. The molecule has 0 spiro atoms. The van der Waals surface area contributed by atoms with Gasteiger partial charge in [-0.3, -0.25) is 5.10 Å². The fourth-order valence-corrected chi connectivity index (χ4v) is 0.787.